The minimum absolute atomic E-state index is 0.285. The maximum absolute atomic E-state index is 13.4. The molecule has 0 radical (unpaired) electrons. The first-order chi connectivity index (χ1) is 10.1. The quantitative estimate of drug-likeness (QED) is 0.667. The van der Waals surface area contributed by atoms with Crippen molar-refractivity contribution in [3.8, 4) is 11.4 Å². The number of imidazole rings is 1. The van der Waals surface area contributed by atoms with Crippen molar-refractivity contribution in [1.29, 1.82) is 0 Å². The molecule has 21 heavy (non-hydrogen) atoms. The standard InChI is InChI=1S/C16H14ClFN2O/c1-10(17)16-19-12-5-3-4-6-13(12)20(16)14-8-7-11(18)9-15(14)21-2/h3-10H,1-2H3. The summed E-state index contributed by atoms with van der Waals surface area (Å²) in [6, 6.07) is 12.1. The molecular formula is C16H14ClFN2O. The third-order valence-corrected chi connectivity index (χ3v) is 3.52. The average molecular weight is 305 g/mol. The number of hydrogen-bond donors (Lipinski definition) is 0. The normalized spacial score (nSPS) is 12.6. The molecule has 3 rings (SSSR count). The molecule has 0 aliphatic heterocycles. The number of rotatable bonds is 3. The lowest BCUT2D eigenvalue weighted by Crippen LogP contribution is -2.04. The van der Waals surface area contributed by atoms with Gasteiger partial charge < -0.3 is 4.74 Å². The Labute approximate surface area is 126 Å². The molecule has 1 atom stereocenters. The van der Waals surface area contributed by atoms with Crippen molar-refractivity contribution in [2.75, 3.05) is 7.11 Å². The number of hydrogen-bond acceptors (Lipinski definition) is 2. The fourth-order valence-electron chi connectivity index (χ4n) is 2.40. The number of methoxy groups -OCH3 is 1. The fraction of sp³-hybridized carbons (Fsp3) is 0.188. The van der Waals surface area contributed by atoms with Crippen molar-refractivity contribution >= 4 is 22.6 Å². The first-order valence-electron chi connectivity index (χ1n) is 6.57. The van der Waals surface area contributed by atoms with Gasteiger partial charge in [0.1, 0.15) is 17.4 Å². The largest absolute Gasteiger partial charge is 0.494 e. The van der Waals surface area contributed by atoms with E-state index in [1.807, 2.05) is 35.8 Å². The molecule has 0 saturated carbocycles. The second-order valence-corrected chi connectivity index (χ2v) is 5.38. The van der Waals surface area contributed by atoms with E-state index in [1.165, 1.54) is 19.2 Å². The Morgan fingerprint density at radius 3 is 2.71 bits per heavy atom. The van der Waals surface area contributed by atoms with Crippen LogP contribution in [0.2, 0.25) is 0 Å². The van der Waals surface area contributed by atoms with Gasteiger partial charge in [-0.05, 0) is 31.2 Å². The first kappa shape index (κ1) is 13.9. The number of ether oxygens (including phenoxy) is 1. The van der Waals surface area contributed by atoms with Crippen molar-refractivity contribution in [3.63, 3.8) is 0 Å². The second-order valence-electron chi connectivity index (χ2n) is 4.73. The van der Waals surface area contributed by atoms with Gasteiger partial charge in [-0.25, -0.2) is 9.37 Å². The molecule has 0 fully saturated rings. The van der Waals surface area contributed by atoms with Gasteiger partial charge in [0.25, 0.3) is 0 Å². The molecule has 0 amide bonds. The Kier molecular flexibility index (Phi) is 3.55. The third-order valence-electron chi connectivity index (χ3n) is 3.33. The van der Waals surface area contributed by atoms with Gasteiger partial charge in [0, 0.05) is 6.07 Å². The van der Waals surface area contributed by atoms with E-state index < -0.39 is 0 Å². The molecule has 2 aromatic carbocycles. The highest BCUT2D eigenvalue weighted by atomic mass is 35.5. The maximum Gasteiger partial charge on any atom is 0.145 e. The minimum Gasteiger partial charge on any atom is -0.494 e. The van der Waals surface area contributed by atoms with Crippen molar-refractivity contribution < 1.29 is 9.13 Å². The summed E-state index contributed by atoms with van der Waals surface area (Å²) >= 11 is 6.26. The van der Waals surface area contributed by atoms with Gasteiger partial charge in [0.05, 0.1) is 29.2 Å². The predicted molar refractivity (Wildman–Crippen MR) is 81.8 cm³/mol. The number of aromatic nitrogens is 2. The van der Waals surface area contributed by atoms with Crippen molar-refractivity contribution in [2.24, 2.45) is 0 Å². The zero-order valence-corrected chi connectivity index (χ0v) is 12.4. The summed E-state index contributed by atoms with van der Waals surface area (Å²) in [5.74, 6) is 0.792. The van der Waals surface area contributed by atoms with Crippen LogP contribution in [-0.4, -0.2) is 16.7 Å². The van der Waals surface area contributed by atoms with Gasteiger partial charge >= 0.3 is 0 Å². The van der Waals surface area contributed by atoms with E-state index in [0.29, 0.717) is 11.6 Å². The summed E-state index contributed by atoms with van der Waals surface area (Å²) in [6.07, 6.45) is 0. The summed E-state index contributed by atoms with van der Waals surface area (Å²) in [7, 11) is 1.52. The van der Waals surface area contributed by atoms with E-state index in [9.17, 15) is 4.39 Å². The van der Waals surface area contributed by atoms with Crippen LogP contribution in [0.15, 0.2) is 42.5 Å². The van der Waals surface area contributed by atoms with Gasteiger partial charge in [-0.2, -0.15) is 0 Å². The van der Waals surface area contributed by atoms with Crippen molar-refractivity contribution in [3.05, 3.63) is 54.1 Å². The Morgan fingerprint density at radius 1 is 1.24 bits per heavy atom. The van der Waals surface area contributed by atoms with Crippen LogP contribution in [0.4, 0.5) is 4.39 Å². The molecular weight excluding hydrogens is 291 g/mol. The molecule has 108 valence electrons. The van der Waals surface area contributed by atoms with Crippen LogP contribution >= 0.6 is 11.6 Å². The van der Waals surface area contributed by atoms with Crippen LogP contribution in [0.25, 0.3) is 16.7 Å². The zero-order valence-electron chi connectivity index (χ0n) is 11.7. The molecule has 0 saturated heterocycles. The molecule has 1 aromatic heterocycles. The van der Waals surface area contributed by atoms with Crippen LogP contribution in [0.1, 0.15) is 18.1 Å². The lowest BCUT2D eigenvalue weighted by Gasteiger charge is -2.14. The molecule has 0 N–H and O–H groups in total. The summed E-state index contributed by atoms with van der Waals surface area (Å²) in [5.41, 5.74) is 2.46. The number of alkyl halides is 1. The minimum atomic E-state index is -0.347. The summed E-state index contributed by atoms with van der Waals surface area (Å²) in [5, 5.41) is -0.285. The van der Waals surface area contributed by atoms with Gasteiger partial charge in [0.15, 0.2) is 0 Å². The molecule has 1 heterocycles. The molecule has 1 unspecified atom stereocenters. The van der Waals surface area contributed by atoms with Gasteiger partial charge in [-0.15, -0.1) is 11.6 Å². The first-order valence-corrected chi connectivity index (χ1v) is 7.01. The van der Waals surface area contributed by atoms with Crippen LogP contribution in [-0.2, 0) is 0 Å². The van der Waals surface area contributed by atoms with Crippen molar-refractivity contribution in [2.45, 2.75) is 12.3 Å². The zero-order chi connectivity index (χ0) is 15.0. The second kappa shape index (κ2) is 5.37. The van der Waals surface area contributed by atoms with Crippen molar-refractivity contribution in [1.82, 2.24) is 9.55 Å². The average Bonchev–Trinajstić information content (AvgIpc) is 2.86. The molecule has 0 aliphatic carbocycles. The third kappa shape index (κ3) is 2.36. The predicted octanol–water partition coefficient (Wildman–Crippen LogP) is 4.47. The van der Waals surface area contributed by atoms with E-state index in [1.54, 1.807) is 6.07 Å². The summed E-state index contributed by atoms with van der Waals surface area (Å²) in [6.45, 7) is 1.86. The highest BCUT2D eigenvalue weighted by molar-refractivity contribution is 6.20. The van der Waals surface area contributed by atoms with Crippen LogP contribution < -0.4 is 4.74 Å². The molecule has 0 aliphatic rings. The van der Waals surface area contributed by atoms with Crippen LogP contribution in [0.3, 0.4) is 0 Å². The fourth-order valence-corrected chi connectivity index (χ4v) is 2.55. The summed E-state index contributed by atoms with van der Waals surface area (Å²) in [4.78, 5) is 4.57. The number of nitrogens with zero attached hydrogens (tertiary/aromatic N) is 2. The lowest BCUT2D eigenvalue weighted by atomic mass is 10.2. The Hall–Kier alpha value is -2.07. The van der Waals surface area contributed by atoms with E-state index in [2.05, 4.69) is 4.98 Å². The number of fused-ring (bicyclic) bond motifs is 1. The Bertz CT molecular complexity index is 798. The van der Waals surface area contributed by atoms with E-state index in [4.69, 9.17) is 16.3 Å². The van der Waals surface area contributed by atoms with E-state index >= 15 is 0 Å². The maximum atomic E-state index is 13.4. The number of halogens is 2. The highest BCUT2D eigenvalue weighted by Crippen LogP contribution is 2.32. The molecule has 0 bridgehead atoms. The topological polar surface area (TPSA) is 27.1 Å². The number of benzene rings is 2. The molecule has 3 aromatic rings. The van der Waals surface area contributed by atoms with Crippen LogP contribution in [0, 0.1) is 5.82 Å². The van der Waals surface area contributed by atoms with Gasteiger partial charge in [0.2, 0.25) is 0 Å². The van der Waals surface area contributed by atoms with E-state index in [-0.39, 0.29) is 11.2 Å². The smallest absolute Gasteiger partial charge is 0.145 e. The molecule has 0 spiro atoms. The molecule has 3 nitrogen and oxygen atoms in total. The summed E-state index contributed by atoms with van der Waals surface area (Å²) < 4.78 is 20.6. The molecule has 5 heteroatoms. The lowest BCUT2D eigenvalue weighted by molar-refractivity contribution is 0.409. The van der Waals surface area contributed by atoms with Gasteiger partial charge in [-0.1, -0.05) is 12.1 Å². The Balaban J connectivity index is 2.36. The highest BCUT2D eigenvalue weighted by Gasteiger charge is 2.18. The Morgan fingerprint density at radius 2 is 2.00 bits per heavy atom. The monoisotopic (exact) mass is 304 g/mol. The van der Waals surface area contributed by atoms with E-state index in [0.717, 1.165) is 16.7 Å². The van der Waals surface area contributed by atoms with Crippen LogP contribution in [0.5, 0.6) is 5.75 Å². The number of para-hydroxylation sites is 2. The SMILES string of the molecule is COc1cc(F)ccc1-n1c(C(C)Cl)nc2ccccc21. The van der Waals surface area contributed by atoms with Gasteiger partial charge in [-0.3, -0.25) is 4.57 Å².